The van der Waals surface area contributed by atoms with Gasteiger partial charge < -0.3 is 10.4 Å². The Bertz CT molecular complexity index is 891. The van der Waals surface area contributed by atoms with E-state index in [2.05, 4.69) is 30.2 Å². The monoisotopic (exact) mass is 348 g/mol. The van der Waals surface area contributed by atoms with E-state index in [0.29, 0.717) is 17.9 Å². The van der Waals surface area contributed by atoms with E-state index in [0.717, 1.165) is 11.1 Å². The van der Waals surface area contributed by atoms with Crippen LogP contribution in [0.1, 0.15) is 53.8 Å². The number of aromatic nitrogens is 1. The van der Waals surface area contributed by atoms with Crippen LogP contribution >= 0.6 is 0 Å². The van der Waals surface area contributed by atoms with Gasteiger partial charge in [-0.05, 0) is 52.9 Å². The Labute approximate surface area is 153 Å². The maximum Gasteiger partial charge on any atom is 0.251 e. The minimum atomic E-state index is -0.314. The van der Waals surface area contributed by atoms with E-state index in [-0.39, 0.29) is 18.6 Å². The van der Waals surface area contributed by atoms with Crippen LogP contribution < -0.4 is 5.32 Å². The van der Waals surface area contributed by atoms with E-state index < -0.39 is 0 Å². The third kappa shape index (κ3) is 3.92. The van der Waals surface area contributed by atoms with Crippen LogP contribution in [0.5, 0.6) is 0 Å². The number of aliphatic hydroxyl groups excluding tert-OH is 1. The van der Waals surface area contributed by atoms with Gasteiger partial charge in [0.05, 0.1) is 11.7 Å². The minimum absolute atomic E-state index is 0.0169. The Morgan fingerprint density at radius 1 is 1.12 bits per heavy atom. The molecule has 0 spiro atoms. The highest BCUT2D eigenvalue weighted by molar-refractivity contribution is 5.99. The summed E-state index contributed by atoms with van der Waals surface area (Å²) in [5.41, 5.74) is 2.64. The van der Waals surface area contributed by atoms with Gasteiger partial charge in [0, 0.05) is 18.4 Å². The Kier molecular flexibility index (Phi) is 5.64. The van der Waals surface area contributed by atoms with E-state index in [1.54, 1.807) is 6.20 Å². The molecule has 2 aromatic carbocycles. The van der Waals surface area contributed by atoms with Gasteiger partial charge >= 0.3 is 0 Å². The fraction of sp³-hybridized carbons (Fsp3) is 0.273. The van der Waals surface area contributed by atoms with Crippen LogP contribution in [0.25, 0.3) is 10.8 Å². The summed E-state index contributed by atoms with van der Waals surface area (Å²) >= 11 is 0. The van der Waals surface area contributed by atoms with Crippen LogP contribution in [-0.4, -0.2) is 22.6 Å². The Morgan fingerprint density at radius 2 is 1.96 bits per heavy atom. The van der Waals surface area contributed by atoms with Crippen molar-refractivity contribution in [2.45, 2.75) is 32.2 Å². The average molecular weight is 348 g/mol. The first kappa shape index (κ1) is 18.1. The van der Waals surface area contributed by atoms with Crippen LogP contribution in [0, 0.1) is 0 Å². The van der Waals surface area contributed by atoms with Gasteiger partial charge in [-0.15, -0.1) is 0 Å². The number of benzene rings is 2. The second kappa shape index (κ2) is 8.11. The molecule has 0 aliphatic heterocycles. The molecule has 0 fully saturated rings. The molecule has 26 heavy (non-hydrogen) atoms. The van der Waals surface area contributed by atoms with E-state index in [1.807, 2.05) is 48.5 Å². The molecule has 3 aromatic rings. The van der Waals surface area contributed by atoms with E-state index in [1.165, 1.54) is 10.9 Å². The highest BCUT2D eigenvalue weighted by atomic mass is 16.3. The lowest BCUT2D eigenvalue weighted by Crippen LogP contribution is -2.29. The molecular weight excluding hydrogens is 324 g/mol. The molecule has 0 aliphatic carbocycles. The van der Waals surface area contributed by atoms with Gasteiger partial charge in [0.2, 0.25) is 0 Å². The summed E-state index contributed by atoms with van der Waals surface area (Å²) in [6.45, 7) is 4.32. The van der Waals surface area contributed by atoms with Crippen LogP contribution in [0.4, 0.5) is 0 Å². The minimum Gasteiger partial charge on any atom is -0.396 e. The lowest BCUT2D eigenvalue weighted by atomic mass is 9.95. The first-order chi connectivity index (χ1) is 12.6. The highest BCUT2D eigenvalue weighted by Gasteiger charge is 2.17. The van der Waals surface area contributed by atoms with E-state index >= 15 is 0 Å². The number of hydrogen-bond acceptors (Lipinski definition) is 3. The predicted octanol–water partition coefficient (Wildman–Crippen LogP) is 4.21. The van der Waals surface area contributed by atoms with E-state index in [4.69, 9.17) is 0 Å². The second-order valence-electron chi connectivity index (χ2n) is 6.73. The number of fused-ring (bicyclic) bond motifs is 1. The van der Waals surface area contributed by atoms with Gasteiger partial charge in [-0.3, -0.25) is 9.78 Å². The molecule has 0 radical (unpaired) electrons. The summed E-state index contributed by atoms with van der Waals surface area (Å²) < 4.78 is 0. The molecule has 1 atom stereocenters. The van der Waals surface area contributed by atoms with Gasteiger partial charge in [0.25, 0.3) is 5.91 Å². The van der Waals surface area contributed by atoms with Crippen molar-refractivity contribution in [1.29, 1.82) is 0 Å². The number of carbonyl (C=O) groups is 1. The molecule has 1 heterocycles. The first-order valence-corrected chi connectivity index (χ1v) is 8.95. The molecule has 0 saturated heterocycles. The van der Waals surface area contributed by atoms with E-state index in [9.17, 15) is 9.90 Å². The highest BCUT2D eigenvalue weighted by Crippen LogP contribution is 2.26. The third-order valence-corrected chi connectivity index (χ3v) is 4.57. The molecule has 134 valence electrons. The molecule has 0 bridgehead atoms. The summed E-state index contributed by atoms with van der Waals surface area (Å²) in [6.07, 6.45) is 2.11. The zero-order valence-corrected chi connectivity index (χ0v) is 15.1. The largest absolute Gasteiger partial charge is 0.396 e. The zero-order chi connectivity index (χ0) is 18.5. The Morgan fingerprint density at radius 3 is 2.65 bits per heavy atom. The van der Waals surface area contributed by atoms with Crippen LogP contribution in [-0.2, 0) is 0 Å². The molecule has 4 nitrogen and oxygen atoms in total. The van der Waals surface area contributed by atoms with Gasteiger partial charge in [-0.2, -0.15) is 0 Å². The van der Waals surface area contributed by atoms with Crippen molar-refractivity contribution in [3.05, 3.63) is 77.6 Å². The van der Waals surface area contributed by atoms with Crippen LogP contribution in [0.15, 0.2) is 60.8 Å². The maximum atomic E-state index is 12.7. The fourth-order valence-corrected chi connectivity index (χ4v) is 3.20. The maximum absolute atomic E-state index is 12.7. The molecule has 2 N–H and O–H groups in total. The molecule has 1 aromatic heterocycles. The van der Waals surface area contributed by atoms with Crippen LogP contribution in [0.3, 0.4) is 0 Å². The number of nitrogens with one attached hydrogen (secondary N) is 1. The number of carbonyl (C=O) groups excluding carboxylic acids is 1. The molecule has 1 unspecified atom stereocenters. The van der Waals surface area contributed by atoms with Gasteiger partial charge in [0.15, 0.2) is 0 Å². The Hall–Kier alpha value is -2.72. The molecular formula is C22H24N2O2. The third-order valence-electron chi connectivity index (χ3n) is 4.57. The zero-order valence-electron chi connectivity index (χ0n) is 15.1. The lowest BCUT2D eigenvalue weighted by Gasteiger charge is -2.18. The first-order valence-electron chi connectivity index (χ1n) is 8.95. The van der Waals surface area contributed by atoms with Crippen molar-refractivity contribution in [2.24, 2.45) is 0 Å². The second-order valence-corrected chi connectivity index (χ2v) is 6.73. The van der Waals surface area contributed by atoms with Crippen molar-refractivity contribution in [1.82, 2.24) is 10.3 Å². The van der Waals surface area contributed by atoms with Gasteiger partial charge in [-0.25, -0.2) is 0 Å². The van der Waals surface area contributed by atoms with Crippen molar-refractivity contribution in [2.75, 3.05) is 6.61 Å². The number of aliphatic hydroxyl groups is 1. The van der Waals surface area contributed by atoms with Crippen LogP contribution in [0.2, 0.25) is 0 Å². The summed E-state index contributed by atoms with van der Waals surface area (Å²) in [5, 5.41) is 14.5. The quantitative estimate of drug-likeness (QED) is 0.701. The van der Waals surface area contributed by atoms with Crippen molar-refractivity contribution in [3.8, 4) is 0 Å². The van der Waals surface area contributed by atoms with Crippen molar-refractivity contribution in [3.63, 3.8) is 0 Å². The predicted molar refractivity (Wildman–Crippen MR) is 104 cm³/mol. The summed E-state index contributed by atoms with van der Waals surface area (Å²) in [7, 11) is 0. The smallest absolute Gasteiger partial charge is 0.251 e. The normalized spacial score (nSPS) is 12.3. The number of nitrogens with zero attached hydrogens (tertiary/aromatic N) is 1. The molecule has 1 amide bonds. The molecule has 0 aliphatic rings. The average Bonchev–Trinajstić information content (AvgIpc) is 2.67. The van der Waals surface area contributed by atoms with Crippen molar-refractivity contribution < 1.29 is 9.90 Å². The molecule has 3 rings (SSSR count). The SMILES string of the molecule is CC(C)c1cccc2cc(C(=O)NC(CCO)c3ccccn3)ccc12. The number of hydrogen-bond donors (Lipinski definition) is 2. The summed E-state index contributed by atoms with van der Waals surface area (Å²) in [5.74, 6) is 0.266. The Balaban J connectivity index is 1.87. The molecule has 4 heteroatoms. The summed E-state index contributed by atoms with van der Waals surface area (Å²) in [4.78, 5) is 17.0. The summed E-state index contributed by atoms with van der Waals surface area (Å²) in [6, 6.07) is 17.2. The fourth-order valence-electron chi connectivity index (χ4n) is 3.20. The lowest BCUT2D eigenvalue weighted by molar-refractivity contribution is 0.0929. The van der Waals surface area contributed by atoms with Gasteiger partial charge in [-0.1, -0.05) is 44.2 Å². The van der Waals surface area contributed by atoms with Gasteiger partial charge in [0.1, 0.15) is 0 Å². The topological polar surface area (TPSA) is 62.2 Å². The van der Waals surface area contributed by atoms with Crippen molar-refractivity contribution >= 4 is 16.7 Å². The standard InChI is InChI=1S/C22H24N2O2/c1-15(2)18-7-5-6-16-14-17(9-10-19(16)18)22(26)24-21(11-13-25)20-8-3-4-12-23-20/h3-10,12,14-15,21,25H,11,13H2,1-2H3,(H,24,26). The number of pyridine rings is 1. The number of rotatable bonds is 6. The number of amides is 1. The molecule has 0 saturated carbocycles.